The molecule has 0 amide bonds. The van der Waals surface area contributed by atoms with Gasteiger partial charge in [-0.25, -0.2) is 0 Å². The van der Waals surface area contributed by atoms with E-state index in [-0.39, 0.29) is 0 Å². The molecular formula is C15H23N. The Morgan fingerprint density at radius 1 is 1.19 bits per heavy atom. The molecule has 0 heterocycles. The molecule has 1 heteroatoms. The molecule has 0 unspecified atom stereocenters. The zero-order valence-electron chi connectivity index (χ0n) is 10.3. The van der Waals surface area contributed by atoms with E-state index in [0.717, 1.165) is 18.9 Å². The number of aryl methyl sites for hydroxylation is 1. The maximum atomic E-state index is 3.58. The molecular weight excluding hydrogens is 194 g/mol. The molecule has 1 saturated carbocycles. The molecule has 0 bridgehead atoms. The van der Waals surface area contributed by atoms with E-state index in [2.05, 4.69) is 36.5 Å². The predicted molar refractivity (Wildman–Crippen MR) is 69.5 cm³/mol. The van der Waals surface area contributed by atoms with Gasteiger partial charge >= 0.3 is 0 Å². The summed E-state index contributed by atoms with van der Waals surface area (Å²) in [6.45, 7) is 4.45. The van der Waals surface area contributed by atoms with E-state index >= 15 is 0 Å². The third-order valence-corrected chi connectivity index (χ3v) is 3.77. The van der Waals surface area contributed by atoms with Gasteiger partial charge in [-0.05, 0) is 36.4 Å². The molecule has 1 aliphatic rings. The number of hydrogen-bond acceptors (Lipinski definition) is 1. The fourth-order valence-electron chi connectivity index (χ4n) is 2.39. The van der Waals surface area contributed by atoms with Gasteiger partial charge in [-0.3, -0.25) is 0 Å². The molecule has 0 atom stereocenters. The van der Waals surface area contributed by atoms with E-state index in [0.29, 0.717) is 0 Å². The summed E-state index contributed by atoms with van der Waals surface area (Å²) in [6, 6.07) is 8.76. The molecule has 0 saturated heterocycles. The van der Waals surface area contributed by atoms with Crippen LogP contribution >= 0.6 is 0 Å². The Bertz CT molecular complexity index is 315. The Labute approximate surface area is 99.3 Å². The van der Waals surface area contributed by atoms with Gasteiger partial charge in [-0.1, -0.05) is 50.5 Å². The molecule has 0 radical (unpaired) electrons. The van der Waals surface area contributed by atoms with Crippen molar-refractivity contribution in [2.75, 3.05) is 6.54 Å². The Balaban J connectivity index is 1.71. The van der Waals surface area contributed by atoms with Crippen LogP contribution < -0.4 is 5.32 Å². The van der Waals surface area contributed by atoms with Crippen molar-refractivity contribution in [1.29, 1.82) is 0 Å². The molecule has 16 heavy (non-hydrogen) atoms. The minimum atomic E-state index is 1.02. The zero-order chi connectivity index (χ0) is 11.2. The smallest absolute Gasteiger partial charge is 0.0208 e. The minimum absolute atomic E-state index is 1.02. The van der Waals surface area contributed by atoms with Crippen LogP contribution in [0, 0.1) is 5.92 Å². The first-order chi connectivity index (χ1) is 7.90. The Kier molecular flexibility index (Phi) is 4.41. The maximum Gasteiger partial charge on any atom is 0.0208 e. The molecule has 1 aromatic carbocycles. The third kappa shape index (κ3) is 3.08. The Hall–Kier alpha value is -0.820. The van der Waals surface area contributed by atoms with Crippen LogP contribution in [0.15, 0.2) is 24.3 Å². The number of hydrogen-bond donors (Lipinski definition) is 1. The summed E-state index contributed by atoms with van der Waals surface area (Å²) >= 11 is 0. The number of benzene rings is 1. The summed E-state index contributed by atoms with van der Waals surface area (Å²) in [7, 11) is 0. The van der Waals surface area contributed by atoms with Gasteiger partial charge in [0.2, 0.25) is 0 Å². The molecule has 1 N–H and O–H groups in total. The quantitative estimate of drug-likeness (QED) is 0.719. The second-order valence-corrected chi connectivity index (χ2v) is 4.88. The molecule has 1 aliphatic carbocycles. The second-order valence-electron chi connectivity index (χ2n) is 4.88. The average Bonchev–Trinajstić information content (AvgIpc) is 2.27. The Morgan fingerprint density at radius 3 is 2.56 bits per heavy atom. The van der Waals surface area contributed by atoms with Crippen molar-refractivity contribution in [3.05, 3.63) is 35.4 Å². The van der Waals surface area contributed by atoms with E-state index in [4.69, 9.17) is 0 Å². The molecule has 1 fully saturated rings. The van der Waals surface area contributed by atoms with Crippen molar-refractivity contribution >= 4 is 0 Å². The standard InChI is InChI=1S/C15H23N/c1-2-14-8-3-4-9-15(14)12-16-11-10-13-6-5-7-13/h3-4,8-9,13,16H,2,5-7,10-12H2,1H3. The van der Waals surface area contributed by atoms with Crippen LogP contribution in [0.1, 0.15) is 43.7 Å². The minimum Gasteiger partial charge on any atom is -0.313 e. The van der Waals surface area contributed by atoms with Crippen LogP contribution in [0.25, 0.3) is 0 Å². The summed E-state index contributed by atoms with van der Waals surface area (Å²) in [4.78, 5) is 0. The van der Waals surface area contributed by atoms with Crippen LogP contribution in [0.4, 0.5) is 0 Å². The maximum absolute atomic E-state index is 3.58. The van der Waals surface area contributed by atoms with Gasteiger partial charge in [-0.2, -0.15) is 0 Å². The van der Waals surface area contributed by atoms with E-state index in [1.165, 1.54) is 43.4 Å². The molecule has 0 aromatic heterocycles. The van der Waals surface area contributed by atoms with Crippen LogP contribution in [-0.4, -0.2) is 6.54 Å². The SMILES string of the molecule is CCc1ccccc1CNCCC1CCC1. The van der Waals surface area contributed by atoms with Crippen molar-refractivity contribution in [3.63, 3.8) is 0 Å². The lowest BCUT2D eigenvalue weighted by atomic mass is 9.83. The first-order valence-electron chi connectivity index (χ1n) is 6.67. The first-order valence-corrected chi connectivity index (χ1v) is 6.67. The van der Waals surface area contributed by atoms with Crippen LogP contribution in [0.2, 0.25) is 0 Å². The van der Waals surface area contributed by atoms with Gasteiger partial charge in [0.1, 0.15) is 0 Å². The van der Waals surface area contributed by atoms with Crippen molar-refractivity contribution in [2.45, 2.75) is 45.6 Å². The summed E-state index contributed by atoms with van der Waals surface area (Å²) in [6.07, 6.45) is 6.90. The van der Waals surface area contributed by atoms with Crippen molar-refractivity contribution in [3.8, 4) is 0 Å². The Morgan fingerprint density at radius 2 is 1.94 bits per heavy atom. The lowest BCUT2D eigenvalue weighted by Gasteiger charge is -2.25. The summed E-state index contributed by atoms with van der Waals surface area (Å²) in [5.41, 5.74) is 2.96. The molecule has 88 valence electrons. The molecule has 1 aromatic rings. The average molecular weight is 217 g/mol. The second kappa shape index (κ2) is 6.05. The lowest BCUT2D eigenvalue weighted by molar-refractivity contribution is 0.292. The lowest BCUT2D eigenvalue weighted by Crippen LogP contribution is -2.21. The van der Waals surface area contributed by atoms with E-state index < -0.39 is 0 Å². The van der Waals surface area contributed by atoms with Gasteiger partial charge in [0.05, 0.1) is 0 Å². The summed E-state index contributed by atoms with van der Waals surface area (Å²) < 4.78 is 0. The van der Waals surface area contributed by atoms with E-state index in [9.17, 15) is 0 Å². The highest BCUT2D eigenvalue weighted by Crippen LogP contribution is 2.28. The largest absolute Gasteiger partial charge is 0.313 e. The van der Waals surface area contributed by atoms with Crippen molar-refractivity contribution < 1.29 is 0 Å². The third-order valence-electron chi connectivity index (χ3n) is 3.77. The van der Waals surface area contributed by atoms with Crippen LogP contribution in [0.3, 0.4) is 0 Å². The highest BCUT2D eigenvalue weighted by molar-refractivity contribution is 5.26. The van der Waals surface area contributed by atoms with Gasteiger partial charge in [0, 0.05) is 6.54 Å². The van der Waals surface area contributed by atoms with Crippen molar-refractivity contribution in [1.82, 2.24) is 5.32 Å². The predicted octanol–water partition coefficient (Wildman–Crippen LogP) is 3.53. The van der Waals surface area contributed by atoms with Crippen LogP contribution in [-0.2, 0) is 13.0 Å². The molecule has 0 aliphatic heterocycles. The molecule has 2 rings (SSSR count). The zero-order valence-corrected chi connectivity index (χ0v) is 10.3. The van der Waals surface area contributed by atoms with Crippen LogP contribution in [0.5, 0.6) is 0 Å². The highest BCUT2D eigenvalue weighted by Gasteiger charge is 2.16. The van der Waals surface area contributed by atoms with Gasteiger partial charge in [0.15, 0.2) is 0 Å². The van der Waals surface area contributed by atoms with E-state index in [1.54, 1.807) is 0 Å². The first kappa shape index (κ1) is 11.7. The summed E-state index contributed by atoms with van der Waals surface area (Å²) in [5.74, 6) is 1.02. The van der Waals surface area contributed by atoms with E-state index in [1.807, 2.05) is 0 Å². The topological polar surface area (TPSA) is 12.0 Å². The normalized spacial score (nSPS) is 16.1. The van der Waals surface area contributed by atoms with Gasteiger partial charge in [0.25, 0.3) is 0 Å². The number of rotatable bonds is 6. The molecule has 0 spiro atoms. The monoisotopic (exact) mass is 217 g/mol. The van der Waals surface area contributed by atoms with Gasteiger partial charge < -0.3 is 5.32 Å². The number of nitrogens with one attached hydrogen (secondary N) is 1. The summed E-state index contributed by atoms with van der Waals surface area (Å²) in [5, 5.41) is 3.58. The fraction of sp³-hybridized carbons (Fsp3) is 0.600. The van der Waals surface area contributed by atoms with Gasteiger partial charge in [-0.15, -0.1) is 0 Å². The molecule has 1 nitrogen and oxygen atoms in total. The fourth-order valence-corrected chi connectivity index (χ4v) is 2.39. The highest BCUT2D eigenvalue weighted by atomic mass is 14.8. The van der Waals surface area contributed by atoms with Crippen molar-refractivity contribution in [2.24, 2.45) is 5.92 Å².